The van der Waals surface area contributed by atoms with Crippen LogP contribution in [0.2, 0.25) is 0 Å². The second kappa shape index (κ2) is 17.6. The Hall–Kier alpha value is -3.28. The van der Waals surface area contributed by atoms with Crippen LogP contribution in [0.25, 0.3) is 0 Å². The fourth-order valence-corrected chi connectivity index (χ4v) is 6.17. The van der Waals surface area contributed by atoms with Gasteiger partial charge in [0.25, 0.3) is 0 Å². The van der Waals surface area contributed by atoms with Crippen LogP contribution in [0.5, 0.6) is 0 Å². The van der Waals surface area contributed by atoms with E-state index in [1.165, 1.54) is 12.7 Å². The summed E-state index contributed by atoms with van der Waals surface area (Å²) in [4.78, 5) is 47.8. The van der Waals surface area contributed by atoms with Crippen LogP contribution in [-0.4, -0.2) is 73.8 Å². The largest absolute Gasteiger partial charge is 0.390 e. The number of imidazole rings is 1. The molecule has 11 nitrogen and oxygen atoms in total. The van der Waals surface area contributed by atoms with E-state index >= 15 is 0 Å². The van der Waals surface area contributed by atoms with Gasteiger partial charge >= 0.3 is 0 Å². The van der Waals surface area contributed by atoms with Gasteiger partial charge in [-0.25, -0.2) is 4.98 Å². The van der Waals surface area contributed by atoms with Crippen LogP contribution in [0.1, 0.15) is 95.9 Å². The van der Waals surface area contributed by atoms with Crippen molar-refractivity contribution in [3.05, 3.63) is 53.6 Å². The van der Waals surface area contributed by atoms with Crippen LogP contribution in [0.3, 0.4) is 0 Å². The first-order valence-corrected chi connectivity index (χ1v) is 16.8. The number of hydrogen-bond donors (Lipinski definition) is 7. The van der Waals surface area contributed by atoms with Crippen LogP contribution in [0, 0.1) is 18.8 Å². The van der Waals surface area contributed by atoms with E-state index in [9.17, 15) is 24.6 Å². The van der Waals surface area contributed by atoms with Gasteiger partial charge < -0.3 is 36.9 Å². The normalized spacial score (nSPS) is 17.5. The number of H-pyrrole nitrogens is 1. The molecule has 1 aromatic carbocycles. The Morgan fingerprint density at radius 3 is 2.20 bits per heavy atom. The Labute approximate surface area is 273 Å². The quantitative estimate of drug-likeness (QED) is 0.139. The minimum atomic E-state index is -1.16. The van der Waals surface area contributed by atoms with Crippen molar-refractivity contribution < 1.29 is 24.6 Å². The Kier molecular flexibility index (Phi) is 14.2. The van der Waals surface area contributed by atoms with Gasteiger partial charge in [0.2, 0.25) is 17.7 Å². The average Bonchev–Trinajstić information content (AvgIpc) is 3.49. The van der Waals surface area contributed by atoms with Crippen molar-refractivity contribution in [2.24, 2.45) is 17.6 Å². The molecule has 0 radical (unpaired) electrons. The first kappa shape index (κ1) is 37.2. The van der Waals surface area contributed by atoms with Gasteiger partial charge in [0, 0.05) is 36.7 Å². The van der Waals surface area contributed by atoms with E-state index in [0.29, 0.717) is 24.5 Å². The topological polar surface area (TPSA) is 182 Å². The third-order valence-corrected chi connectivity index (χ3v) is 8.60. The number of nitrogens with two attached hydrogens (primary N) is 1. The minimum Gasteiger partial charge on any atom is -0.390 e. The number of aromatic amines is 1. The molecule has 1 unspecified atom stereocenters. The summed E-state index contributed by atoms with van der Waals surface area (Å²) in [6, 6.07) is 4.99. The van der Waals surface area contributed by atoms with Gasteiger partial charge in [0.1, 0.15) is 18.2 Å². The second-order valence-electron chi connectivity index (χ2n) is 14.4. The highest BCUT2D eigenvalue weighted by molar-refractivity contribution is 5.92. The van der Waals surface area contributed by atoms with E-state index < -0.39 is 47.7 Å². The van der Waals surface area contributed by atoms with Crippen molar-refractivity contribution >= 4 is 17.7 Å². The van der Waals surface area contributed by atoms with E-state index in [2.05, 4.69) is 25.9 Å². The number of amides is 3. The number of aliphatic hydroxyl groups is 2. The molecule has 0 saturated heterocycles. The lowest BCUT2D eigenvalue weighted by Gasteiger charge is -2.34. The van der Waals surface area contributed by atoms with Gasteiger partial charge in [-0.1, -0.05) is 75.8 Å². The third kappa shape index (κ3) is 12.8. The second-order valence-corrected chi connectivity index (χ2v) is 14.4. The van der Waals surface area contributed by atoms with Gasteiger partial charge in [0.05, 0.1) is 18.5 Å². The number of carbonyl (C=O) groups is 3. The van der Waals surface area contributed by atoms with Gasteiger partial charge in [-0.3, -0.25) is 14.4 Å². The first-order chi connectivity index (χ1) is 21.7. The maximum Gasteiger partial charge on any atom is 0.243 e. The molecule has 2 aromatic rings. The summed E-state index contributed by atoms with van der Waals surface area (Å²) in [7, 11) is 0. The minimum absolute atomic E-state index is 0.0160. The lowest BCUT2D eigenvalue weighted by atomic mass is 9.82. The molecule has 0 spiro atoms. The van der Waals surface area contributed by atoms with Crippen LogP contribution in [-0.2, 0) is 27.2 Å². The van der Waals surface area contributed by atoms with E-state index in [0.717, 1.165) is 36.8 Å². The number of benzene rings is 1. The molecular formula is C35H56N6O5. The van der Waals surface area contributed by atoms with E-state index in [1.54, 1.807) is 20.0 Å². The molecule has 11 heteroatoms. The summed E-state index contributed by atoms with van der Waals surface area (Å²) < 4.78 is 0. The summed E-state index contributed by atoms with van der Waals surface area (Å²) in [6.07, 6.45) is 7.58. The summed E-state index contributed by atoms with van der Waals surface area (Å²) in [5.74, 6) is -0.894. The molecule has 5 atom stereocenters. The van der Waals surface area contributed by atoms with Crippen LogP contribution >= 0.6 is 0 Å². The zero-order valence-electron chi connectivity index (χ0n) is 28.2. The molecule has 1 saturated carbocycles. The number of rotatable bonds is 17. The fourth-order valence-electron chi connectivity index (χ4n) is 6.17. The van der Waals surface area contributed by atoms with Crippen molar-refractivity contribution in [3.63, 3.8) is 0 Å². The summed E-state index contributed by atoms with van der Waals surface area (Å²) in [5.41, 5.74) is 7.86. The third-order valence-electron chi connectivity index (χ3n) is 8.60. The number of aryl methyl sites for hydroxylation is 1. The first-order valence-electron chi connectivity index (χ1n) is 16.8. The number of nitrogens with zero attached hydrogens (tertiary/aromatic N) is 1. The standard InChI is InChI=1S/C35H56N6O5/c1-22(2)15-30(42)32(44)27(16-24-9-7-6-8-10-24)40-34(46)29(18-26-20-37-21-38-26)41-33(45)28(39-31(43)19-35(4,5)36)17-25-13-11-23(3)12-14-25/h11-14,20-22,24,27-30,32,42,44H,6-10,15-19,36H2,1-5H3,(H,37,38)(H,39,43)(H,40,46)(H,41,45)/t27-,28-,29-,30?,32+/m0/s1. The molecule has 0 aliphatic heterocycles. The van der Waals surface area contributed by atoms with Gasteiger partial charge in [-0.05, 0) is 51.0 Å². The van der Waals surface area contributed by atoms with Crippen LogP contribution in [0.15, 0.2) is 36.8 Å². The Morgan fingerprint density at radius 1 is 0.978 bits per heavy atom. The monoisotopic (exact) mass is 640 g/mol. The predicted molar refractivity (Wildman–Crippen MR) is 179 cm³/mol. The van der Waals surface area contributed by atoms with Crippen molar-refractivity contribution in [1.29, 1.82) is 0 Å². The molecule has 1 heterocycles. The Bertz CT molecular complexity index is 1220. The van der Waals surface area contributed by atoms with Crippen molar-refractivity contribution in [2.45, 2.75) is 135 Å². The summed E-state index contributed by atoms with van der Waals surface area (Å²) in [5, 5.41) is 30.8. The predicted octanol–water partition coefficient (Wildman–Crippen LogP) is 2.82. The molecule has 1 aliphatic rings. The zero-order valence-corrected chi connectivity index (χ0v) is 28.2. The average molecular weight is 641 g/mol. The van der Waals surface area contributed by atoms with Gasteiger partial charge in [-0.2, -0.15) is 0 Å². The van der Waals surface area contributed by atoms with Gasteiger partial charge in [-0.15, -0.1) is 0 Å². The molecule has 8 N–H and O–H groups in total. The number of carbonyl (C=O) groups excluding carboxylic acids is 3. The van der Waals surface area contributed by atoms with Crippen LogP contribution < -0.4 is 21.7 Å². The van der Waals surface area contributed by atoms with E-state index in [1.807, 2.05) is 45.0 Å². The molecule has 1 aliphatic carbocycles. The number of hydrogen-bond acceptors (Lipinski definition) is 7. The lowest BCUT2D eigenvalue weighted by molar-refractivity contribution is -0.133. The number of aromatic nitrogens is 2. The molecule has 1 aromatic heterocycles. The molecule has 3 amide bonds. The van der Waals surface area contributed by atoms with Gasteiger partial charge in [0.15, 0.2) is 0 Å². The van der Waals surface area contributed by atoms with Crippen molar-refractivity contribution in [1.82, 2.24) is 25.9 Å². The highest BCUT2D eigenvalue weighted by Crippen LogP contribution is 2.29. The number of aliphatic hydroxyl groups excluding tert-OH is 2. The van der Waals surface area contributed by atoms with Crippen LogP contribution in [0.4, 0.5) is 0 Å². The molecule has 46 heavy (non-hydrogen) atoms. The van der Waals surface area contributed by atoms with E-state index in [-0.39, 0.29) is 31.1 Å². The molecular weight excluding hydrogens is 584 g/mol. The summed E-state index contributed by atoms with van der Waals surface area (Å²) >= 11 is 0. The summed E-state index contributed by atoms with van der Waals surface area (Å²) in [6.45, 7) is 9.39. The molecule has 1 fully saturated rings. The highest BCUT2D eigenvalue weighted by atomic mass is 16.3. The SMILES string of the molecule is Cc1ccc(C[C@H](NC(=O)CC(C)(C)N)C(=O)N[C@@H](Cc2cnc[nH]2)C(=O)N[C@@H](CC2CCCCC2)[C@@H](O)C(O)CC(C)C)cc1. The Balaban J connectivity index is 1.84. The smallest absolute Gasteiger partial charge is 0.243 e. The Morgan fingerprint density at radius 2 is 1.61 bits per heavy atom. The maximum atomic E-state index is 14.0. The van der Waals surface area contributed by atoms with E-state index in [4.69, 9.17) is 5.73 Å². The molecule has 256 valence electrons. The highest BCUT2D eigenvalue weighted by Gasteiger charge is 2.34. The molecule has 0 bridgehead atoms. The fraction of sp³-hybridized carbons (Fsp3) is 0.657. The van der Waals surface area contributed by atoms with Crippen molar-refractivity contribution in [2.75, 3.05) is 0 Å². The maximum absolute atomic E-state index is 14.0. The van der Waals surface area contributed by atoms with Crippen molar-refractivity contribution in [3.8, 4) is 0 Å². The lowest BCUT2D eigenvalue weighted by Crippen LogP contribution is -2.58. The number of nitrogens with one attached hydrogen (secondary N) is 4. The molecule has 3 rings (SSSR count). The zero-order chi connectivity index (χ0) is 33.9.